The fraction of sp³-hybridized carbons (Fsp3) is 0.833. The lowest BCUT2D eigenvalue weighted by molar-refractivity contribution is -0.139. The Balaban J connectivity index is 4.12. The van der Waals surface area contributed by atoms with Gasteiger partial charge in [0.15, 0.2) is 6.04 Å². The van der Waals surface area contributed by atoms with Crippen molar-refractivity contribution in [3.63, 3.8) is 0 Å². The number of nitrogens with zero attached hydrogens (tertiary/aromatic N) is 2. The zero-order chi connectivity index (χ0) is 8.15. The van der Waals surface area contributed by atoms with Crippen molar-refractivity contribution in [1.82, 2.24) is 0 Å². The van der Waals surface area contributed by atoms with Crippen molar-refractivity contribution >= 4 is 5.97 Å². The standard InChI is InChI=1S/C6H12N2O2/c1-4(2)5(6(9)10)8-7-3/h4-5H,1-3H3,(H,9,10). The van der Waals surface area contributed by atoms with E-state index in [0.717, 1.165) is 0 Å². The molecule has 0 rings (SSSR count). The summed E-state index contributed by atoms with van der Waals surface area (Å²) in [5, 5.41) is 15.5. The van der Waals surface area contributed by atoms with Crippen LogP contribution in [0.1, 0.15) is 13.8 Å². The van der Waals surface area contributed by atoms with Gasteiger partial charge in [-0.1, -0.05) is 13.8 Å². The lowest BCUT2D eigenvalue weighted by Gasteiger charge is -2.07. The largest absolute Gasteiger partial charge is 0.480 e. The molecule has 58 valence electrons. The maximum Gasteiger partial charge on any atom is 0.330 e. The average molecular weight is 144 g/mol. The molecule has 10 heavy (non-hydrogen) atoms. The molecule has 1 atom stereocenters. The van der Waals surface area contributed by atoms with E-state index in [4.69, 9.17) is 5.11 Å². The van der Waals surface area contributed by atoms with Crippen molar-refractivity contribution in [3.05, 3.63) is 0 Å². The lowest BCUT2D eigenvalue weighted by Crippen LogP contribution is -2.23. The first-order valence-corrected chi connectivity index (χ1v) is 3.11. The Morgan fingerprint density at radius 1 is 1.50 bits per heavy atom. The third-order valence-electron chi connectivity index (χ3n) is 1.12. The second-order valence-corrected chi connectivity index (χ2v) is 2.34. The van der Waals surface area contributed by atoms with Crippen molar-refractivity contribution in [2.45, 2.75) is 19.9 Å². The van der Waals surface area contributed by atoms with E-state index in [2.05, 4.69) is 10.2 Å². The molecule has 0 aliphatic heterocycles. The van der Waals surface area contributed by atoms with Crippen LogP contribution in [0.25, 0.3) is 0 Å². The Bertz CT molecular complexity index is 143. The zero-order valence-corrected chi connectivity index (χ0v) is 6.40. The molecule has 0 aromatic rings. The van der Waals surface area contributed by atoms with Gasteiger partial charge < -0.3 is 5.11 Å². The van der Waals surface area contributed by atoms with E-state index < -0.39 is 12.0 Å². The fourth-order valence-corrected chi connectivity index (χ4v) is 0.592. The van der Waals surface area contributed by atoms with Gasteiger partial charge in [0.25, 0.3) is 0 Å². The van der Waals surface area contributed by atoms with Crippen molar-refractivity contribution in [2.75, 3.05) is 7.05 Å². The summed E-state index contributed by atoms with van der Waals surface area (Å²) in [6, 6.07) is -0.690. The summed E-state index contributed by atoms with van der Waals surface area (Å²) in [5.74, 6) is -0.915. The van der Waals surface area contributed by atoms with Crippen LogP contribution >= 0.6 is 0 Å². The number of hydrogen-bond donors (Lipinski definition) is 1. The van der Waals surface area contributed by atoms with Crippen LogP contribution in [0, 0.1) is 5.92 Å². The molecule has 0 heterocycles. The number of carbonyl (C=O) groups is 1. The highest BCUT2D eigenvalue weighted by molar-refractivity contribution is 5.73. The molecular weight excluding hydrogens is 132 g/mol. The molecule has 0 spiro atoms. The van der Waals surface area contributed by atoms with Crippen molar-refractivity contribution in [3.8, 4) is 0 Å². The van der Waals surface area contributed by atoms with Gasteiger partial charge in [-0.15, -0.1) is 0 Å². The number of azo groups is 1. The topological polar surface area (TPSA) is 62.0 Å². The van der Waals surface area contributed by atoms with Gasteiger partial charge in [-0.05, 0) is 5.92 Å². The van der Waals surface area contributed by atoms with Crippen LogP contribution in [0.2, 0.25) is 0 Å². The summed E-state index contributed by atoms with van der Waals surface area (Å²) in [4.78, 5) is 10.4. The van der Waals surface area contributed by atoms with E-state index >= 15 is 0 Å². The number of aliphatic carboxylic acids is 1. The first-order valence-electron chi connectivity index (χ1n) is 3.11. The molecule has 0 aromatic carbocycles. The predicted octanol–water partition coefficient (Wildman–Crippen LogP) is 1.18. The Morgan fingerprint density at radius 2 is 2.00 bits per heavy atom. The Hall–Kier alpha value is -0.930. The van der Waals surface area contributed by atoms with Gasteiger partial charge in [-0.2, -0.15) is 10.2 Å². The molecule has 1 unspecified atom stereocenters. The van der Waals surface area contributed by atoms with Crippen LogP contribution < -0.4 is 0 Å². The summed E-state index contributed by atoms with van der Waals surface area (Å²) < 4.78 is 0. The van der Waals surface area contributed by atoms with Crippen LogP contribution in [-0.4, -0.2) is 24.2 Å². The van der Waals surface area contributed by atoms with Gasteiger partial charge in [0.2, 0.25) is 0 Å². The highest BCUT2D eigenvalue weighted by atomic mass is 16.4. The summed E-state index contributed by atoms with van der Waals surface area (Å²) in [6.07, 6.45) is 0. The first-order chi connectivity index (χ1) is 4.59. The second kappa shape index (κ2) is 3.98. The molecule has 0 bridgehead atoms. The smallest absolute Gasteiger partial charge is 0.330 e. The first kappa shape index (κ1) is 9.07. The summed E-state index contributed by atoms with van der Waals surface area (Å²) in [6.45, 7) is 3.60. The van der Waals surface area contributed by atoms with Crippen LogP contribution in [-0.2, 0) is 4.79 Å². The van der Waals surface area contributed by atoms with Gasteiger partial charge in [-0.3, -0.25) is 0 Å². The maximum absolute atomic E-state index is 10.4. The van der Waals surface area contributed by atoms with Gasteiger partial charge in [0, 0.05) is 7.05 Å². The highest BCUT2D eigenvalue weighted by Gasteiger charge is 2.19. The molecule has 0 fully saturated rings. The Morgan fingerprint density at radius 3 is 2.10 bits per heavy atom. The Labute approximate surface area is 60.0 Å². The molecular formula is C6H12N2O2. The number of carboxylic acids is 1. The maximum atomic E-state index is 10.4. The quantitative estimate of drug-likeness (QED) is 0.604. The molecule has 4 heteroatoms. The minimum Gasteiger partial charge on any atom is -0.480 e. The minimum atomic E-state index is -0.916. The average Bonchev–Trinajstić information content (AvgIpc) is 1.81. The second-order valence-electron chi connectivity index (χ2n) is 2.34. The molecule has 0 saturated carbocycles. The van der Waals surface area contributed by atoms with E-state index in [0.29, 0.717) is 0 Å². The van der Waals surface area contributed by atoms with E-state index in [1.165, 1.54) is 7.05 Å². The summed E-state index contributed by atoms with van der Waals surface area (Å²) in [5.41, 5.74) is 0. The normalized spacial score (nSPS) is 14.4. The van der Waals surface area contributed by atoms with Gasteiger partial charge in [0.1, 0.15) is 0 Å². The van der Waals surface area contributed by atoms with E-state index in [1.54, 1.807) is 13.8 Å². The van der Waals surface area contributed by atoms with Gasteiger partial charge >= 0.3 is 5.97 Å². The van der Waals surface area contributed by atoms with Gasteiger partial charge in [-0.25, -0.2) is 4.79 Å². The number of carboxylic acid groups (broad SMARTS) is 1. The highest BCUT2D eigenvalue weighted by Crippen LogP contribution is 2.06. The van der Waals surface area contributed by atoms with E-state index in [1.807, 2.05) is 0 Å². The monoisotopic (exact) mass is 144 g/mol. The third kappa shape index (κ3) is 2.57. The predicted molar refractivity (Wildman–Crippen MR) is 37.0 cm³/mol. The van der Waals surface area contributed by atoms with Crippen LogP contribution in [0.4, 0.5) is 0 Å². The zero-order valence-electron chi connectivity index (χ0n) is 6.40. The Kier molecular flexibility index (Phi) is 3.61. The van der Waals surface area contributed by atoms with Crippen molar-refractivity contribution < 1.29 is 9.90 Å². The van der Waals surface area contributed by atoms with E-state index in [9.17, 15) is 4.79 Å². The molecule has 0 aromatic heterocycles. The summed E-state index contributed by atoms with van der Waals surface area (Å²) in [7, 11) is 1.47. The minimum absolute atomic E-state index is 0.00111. The number of hydrogen-bond acceptors (Lipinski definition) is 3. The molecule has 0 saturated heterocycles. The third-order valence-corrected chi connectivity index (χ3v) is 1.12. The SMILES string of the molecule is CN=NC(C(=O)O)C(C)C. The van der Waals surface area contributed by atoms with Crippen LogP contribution in [0.15, 0.2) is 10.2 Å². The van der Waals surface area contributed by atoms with Crippen LogP contribution in [0.5, 0.6) is 0 Å². The molecule has 0 aliphatic carbocycles. The lowest BCUT2D eigenvalue weighted by atomic mass is 10.1. The molecule has 0 aliphatic rings. The van der Waals surface area contributed by atoms with Crippen LogP contribution in [0.3, 0.4) is 0 Å². The van der Waals surface area contributed by atoms with Crippen molar-refractivity contribution in [2.24, 2.45) is 16.1 Å². The van der Waals surface area contributed by atoms with Crippen molar-refractivity contribution in [1.29, 1.82) is 0 Å². The number of rotatable bonds is 3. The van der Waals surface area contributed by atoms with Gasteiger partial charge in [0.05, 0.1) is 0 Å². The molecule has 4 nitrogen and oxygen atoms in total. The molecule has 0 radical (unpaired) electrons. The molecule has 0 amide bonds. The van der Waals surface area contributed by atoms with E-state index in [-0.39, 0.29) is 5.92 Å². The summed E-state index contributed by atoms with van der Waals surface area (Å²) >= 11 is 0. The fourth-order valence-electron chi connectivity index (χ4n) is 0.592. The molecule has 1 N–H and O–H groups in total.